The fourth-order valence-corrected chi connectivity index (χ4v) is 3.10. The van der Waals surface area contributed by atoms with Gasteiger partial charge in [0.25, 0.3) is 0 Å². The minimum atomic E-state index is 0.0858. The van der Waals surface area contributed by atoms with Gasteiger partial charge < -0.3 is 10.2 Å². The molecule has 4 rings (SSSR count). The van der Waals surface area contributed by atoms with Crippen LogP contribution in [0, 0.1) is 0 Å². The van der Waals surface area contributed by atoms with E-state index in [2.05, 4.69) is 74.5 Å². The molecule has 0 unspecified atom stereocenters. The van der Waals surface area contributed by atoms with Gasteiger partial charge in [-0.25, -0.2) is 0 Å². The Morgan fingerprint density at radius 1 is 0.517 bits per heavy atom. The summed E-state index contributed by atoms with van der Waals surface area (Å²) >= 11 is 0. The van der Waals surface area contributed by atoms with Crippen molar-refractivity contribution in [3.05, 3.63) is 108 Å². The van der Waals surface area contributed by atoms with Crippen molar-refractivity contribution in [3.8, 4) is 11.5 Å². The summed E-state index contributed by atoms with van der Waals surface area (Å²) in [4.78, 5) is 0. The van der Waals surface area contributed by atoms with Gasteiger partial charge in [-0.2, -0.15) is 0 Å². The zero-order valence-electron chi connectivity index (χ0n) is 17.6. The van der Waals surface area contributed by atoms with E-state index in [-0.39, 0.29) is 16.9 Å². The number of hydrogen-bond acceptors (Lipinski definition) is 2. The summed E-state index contributed by atoms with van der Waals surface area (Å²) in [7, 11) is 0. The molecule has 0 aliphatic heterocycles. The van der Waals surface area contributed by atoms with E-state index in [0.29, 0.717) is 0 Å². The molecule has 2 heteroatoms. The third-order valence-corrected chi connectivity index (χ3v) is 4.80. The van der Waals surface area contributed by atoms with Gasteiger partial charge in [-0.3, -0.25) is 0 Å². The molecule has 0 saturated carbocycles. The minimum absolute atomic E-state index is 0.0858. The monoisotopic (exact) mass is 386 g/mol. The maximum Gasteiger partial charge on any atom is 0.116 e. The maximum atomic E-state index is 9.14. The Morgan fingerprint density at radius 3 is 1.28 bits per heavy atom. The number of aromatic hydroxyl groups is 2. The molecular weight excluding hydrogens is 356 g/mol. The molecule has 0 aliphatic rings. The molecule has 0 spiro atoms. The summed E-state index contributed by atoms with van der Waals surface area (Å²) in [6, 6.07) is 31.4. The molecule has 0 atom stereocenters. The molecule has 0 fully saturated rings. The van der Waals surface area contributed by atoms with Crippen LogP contribution in [-0.2, 0) is 5.41 Å². The Kier molecular flexibility index (Phi) is 7.85. The zero-order valence-corrected chi connectivity index (χ0v) is 17.6. The van der Waals surface area contributed by atoms with Gasteiger partial charge in [-0.15, -0.1) is 0 Å². The molecule has 0 aliphatic carbocycles. The summed E-state index contributed by atoms with van der Waals surface area (Å²) in [6.45, 7) is 8.52. The van der Waals surface area contributed by atoms with Gasteiger partial charge in [0.15, 0.2) is 0 Å². The quantitative estimate of drug-likeness (QED) is 0.380. The Hall–Kier alpha value is -3.26. The van der Waals surface area contributed by atoms with Crippen LogP contribution in [0.5, 0.6) is 11.5 Å². The second kappa shape index (κ2) is 10.3. The lowest BCUT2D eigenvalue weighted by Gasteiger charge is -2.25. The second-order valence-electron chi connectivity index (χ2n) is 7.07. The minimum Gasteiger partial charge on any atom is -0.508 e. The van der Waals surface area contributed by atoms with Crippen molar-refractivity contribution in [2.75, 3.05) is 0 Å². The topological polar surface area (TPSA) is 40.5 Å². The van der Waals surface area contributed by atoms with Crippen molar-refractivity contribution in [2.24, 2.45) is 0 Å². The van der Waals surface area contributed by atoms with E-state index in [4.69, 9.17) is 10.2 Å². The number of rotatable bonds is 2. The fraction of sp³-hybridized carbons (Fsp3) is 0.185. The van der Waals surface area contributed by atoms with Gasteiger partial charge in [0.2, 0.25) is 0 Å². The number of phenolic OH excluding ortho intramolecular Hbond substituents is 2. The average molecular weight is 387 g/mol. The molecule has 2 N–H and O–H groups in total. The summed E-state index contributed by atoms with van der Waals surface area (Å²) in [5.74, 6) is 0.432. The van der Waals surface area contributed by atoms with E-state index in [1.165, 1.54) is 11.1 Å². The van der Waals surface area contributed by atoms with E-state index in [0.717, 1.165) is 10.8 Å². The lowest BCUT2D eigenvalue weighted by atomic mass is 9.78. The lowest BCUT2D eigenvalue weighted by Crippen LogP contribution is -2.18. The van der Waals surface area contributed by atoms with Gasteiger partial charge in [0, 0.05) is 5.41 Å². The highest BCUT2D eigenvalue weighted by Gasteiger charge is 2.21. The lowest BCUT2D eigenvalue weighted by molar-refractivity contribution is 0.474. The largest absolute Gasteiger partial charge is 0.508 e. The second-order valence-corrected chi connectivity index (χ2v) is 7.07. The van der Waals surface area contributed by atoms with Crippen molar-refractivity contribution in [3.63, 3.8) is 0 Å². The predicted molar refractivity (Wildman–Crippen MR) is 124 cm³/mol. The fourth-order valence-electron chi connectivity index (χ4n) is 3.10. The third kappa shape index (κ3) is 5.86. The highest BCUT2D eigenvalue weighted by atomic mass is 16.3. The van der Waals surface area contributed by atoms with Crippen molar-refractivity contribution in [2.45, 2.75) is 33.1 Å². The first kappa shape index (κ1) is 22.0. The van der Waals surface area contributed by atoms with Crippen LogP contribution in [0.1, 0.15) is 38.8 Å². The Labute approximate surface area is 174 Å². The molecule has 0 saturated heterocycles. The average Bonchev–Trinajstić information content (AvgIpc) is 2.76. The standard InChI is InChI=1S/C15H16.C10H8O2.C2H6/c1-15(2,13-9-5-3-6-10-13)14-11-7-4-8-12-14;11-9-3-1-7-2-4-10(12)6-8(7)5-9;1-2/h3-12H,1-2H3;1-6,11-12H;1-2H3. The number of fused-ring (bicyclic) bond motifs is 1. The molecule has 4 aromatic rings. The van der Waals surface area contributed by atoms with E-state index in [9.17, 15) is 0 Å². The molecule has 0 amide bonds. The van der Waals surface area contributed by atoms with E-state index in [1.807, 2.05) is 26.0 Å². The third-order valence-electron chi connectivity index (χ3n) is 4.80. The van der Waals surface area contributed by atoms with Crippen LogP contribution < -0.4 is 0 Å². The summed E-state index contributed by atoms with van der Waals surface area (Å²) in [5, 5.41) is 20.1. The zero-order chi connectivity index (χ0) is 21.3. The first-order chi connectivity index (χ1) is 14.0. The molecule has 0 heterocycles. The van der Waals surface area contributed by atoms with Gasteiger partial charge in [-0.1, -0.05) is 100 Å². The van der Waals surface area contributed by atoms with Crippen LogP contribution >= 0.6 is 0 Å². The number of hydrogen-bond donors (Lipinski definition) is 2. The smallest absolute Gasteiger partial charge is 0.116 e. The molecule has 4 aromatic carbocycles. The molecule has 2 nitrogen and oxygen atoms in total. The Bertz CT molecular complexity index is 928. The van der Waals surface area contributed by atoms with Gasteiger partial charge >= 0.3 is 0 Å². The highest BCUT2D eigenvalue weighted by Crippen LogP contribution is 2.30. The van der Waals surface area contributed by atoms with Crippen molar-refractivity contribution >= 4 is 10.8 Å². The van der Waals surface area contributed by atoms with Crippen LogP contribution in [0.15, 0.2) is 97.1 Å². The molecule has 150 valence electrons. The number of benzene rings is 4. The summed E-state index contributed by atoms with van der Waals surface area (Å²) in [6.07, 6.45) is 0. The first-order valence-corrected chi connectivity index (χ1v) is 9.99. The highest BCUT2D eigenvalue weighted by molar-refractivity contribution is 5.85. The van der Waals surface area contributed by atoms with Crippen LogP contribution in [0.4, 0.5) is 0 Å². The van der Waals surface area contributed by atoms with Gasteiger partial charge in [0.1, 0.15) is 11.5 Å². The Balaban J connectivity index is 0.000000194. The van der Waals surface area contributed by atoms with Crippen LogP contribution in [0.3, 0.4) is 0 Å². The van der Waals surface area contributed by atoms with Crippen molar-refractivity contribution in [1.29, 1.82) is 0 Å². The van der Waals surface area contributed by atoms with Crippen molar-refractivity contribution in [1.82, 2.24) is 0 Å². The number of phenols is 2. The van der Waals surface area contributed by atoms with Gasteiger partial charge in [-0.05, 0) is 46.2 Å². The summed E-state index contributed by atoms with van der Waals surface area (Å²) < 4.78 is 0. The van der Waals surface area contributed by atoms with Crippen LogP contribution in [0.25, 0.3) is 10.8 Å². The Morgan fingerprint density at radius 2 is 0.897 bits per heavy atom. The SMILES string of the molecule is CC.CC(C)(c1ccccc1)c1ccccc1.Oc1ccc2ccc(O)cc2c1. The molecule has 0 aromatic heterocycles. The normalized spacial score (nSPS) is 10.3. The van der Waals surface area contributed by atoms with E-state index >= 15 is 0 Å². The van der Waals surface area contributed by atoms with Gasteiger partial charge in [0.05, 0.1) is 0 Å². The van der Waals surface area contributed by atoms with E-state index < -0.39 is 0 Å². The molecular formula is C27H30O2. The maximum absolute atomic E-state index is 9.14. The van der Waals surface area contributed by atoms with Crippen molar-refractivity contribution < 1.29 is 10.2 Å². The van der Waals surface area contributed by atoms with Crippen LogP contribution in [0.2, 0.25) is 0 Å². The first-order valence-electron chi connectivity index (χ1n) is 9.99. The molecule has 0 radical (unpaired) electrons. The van der Waals surface area contributed by atoms with E-state index in [1.54, 1.807) is 24.3 Å². The molecule has 29 heavy (non-hydrogen) atoms. The predicted octanol–water partition coefficient (Wildman–Crippen LogP) is 7.29. The van der Waals surface area contributed by atoms with Crippen LogP contribution in [-0.4, -0.2) is 10.2 Å². The molecule has 0 bridgehead atoms. The summed E-state index contributed by atoms with van der Waals surface area (Å²) in [5.41, 5.74) is 2.80.